The Bertz CT molecular complexity index is 762. The van der Waals surface area contributed by atoms with Crippen LogP contribution in [0.1, 0.15) is 25.3 Å². The summed E-state index contributed by atoms with van der Waals surface area (Å²) in [4.78, 5) is 39.8. The first kappa shape index (κ1) is 15.3. The minimum atomic E-state index is -2.01. The van der Waals surface area contributed by atoms with Crippen LogP contribution in [-0.2, 0) is 24.7 Å². The molecule has 2 saturated carbocycles. The number of hydrogen-bond acceptors (Lipinski definition) is 5. The molecule has 0 radical (unpaired) electrons. The predicted molar refractivity (Wildman–Crippen MR) is 82.6 cm³/mol. The maximum Gasteiger partial charge on any atom is 0.318 e. The van der Waals surface area contributed by atoms with E-state index in [1.165, 1.54) is 4.90 Å². The quantitative estimate of drug-likeness (QED) is 0.822. The molecule has 126 valence electrons. The Labute approximate surface area is 139 Å². The number of ether oxygens (including phenoxy) is 1. The third kappa shape index (κ3) is 1.25. The van der Waals surface area contributed by atoms with Gasteiger partial charge in [0.25, 0.3) is 5.91 Å². The second kappa shape index (κ2) is 4.45. The molecule has 2 aliphatic carbocycles. The summed E-state index contributed by atoms with van der Waals surface area (Å²) in [5.41, 5.74) is -3.89. The Hall–Kier alpha value is -2.21. The highest BCUT2D eigenvalue weighted by Crippen LogP contribution is 2.74. The van der Waals surface area contributed by atoms with Crippen molar-refractivity contribution in [3.8, 4) is 0 Å². The van der Waals surface area contributed by atoms with Crippen molar-refractivity contribution in [2.45, 2.75) is 30.9 Å². The Morgan fingerprint density at radius 3 is 2.62 bits per heavy atom. The summed E-state index contributed by atoms with van der Waals surface area (Å²) in [5.74, 6) is -2.33. The van der Waals surface area contributed by atoms with Gasteiger partial charge in [0.15, 0.2) is 5.60 Å². The zero-order chi connectivity index (χ0) is 17.3. The van der Waals surface area contributed by atoms with Gasteiger partial charge in [-0.3, -0.25) is 14.4 Å². The molecule has 1 amide bonds. The van der Waals surface area contributed by atoms with Gasteiger partial charge >= 0.3 is 5.97 Å². The summed E-state index contributed by atoms with van der Waals surface area (Å²) < 4.78 is 5.25. The molecular weight excluding hydrogens is 310 g/mol. The minimum absolute atomic E-state index is 0.123. The minimum Gasteiger partial charge on any atom is -0.465 e. The lowest BCUT2D eigenvalue weighted by Gasteiger charge is -2.46. The van der Waals surface area contributed by atoms with Gasteiger partial charge in [-0.2, -0.15) is 0 Å². The third-order valence-corrected chi connectivity index (χ3v) is 6.27. The van der Waals surface area contributed by atoms with Gasteiger partial charge in [-0.05, 0) is 18.9 Å². The number of amides is 1. The number of carbonyl (C=O) groups excluding carboxylic acids is 3. The van der Waals surface area contributed by atoms with E-state index in [9.17, 15) is 19.5 Å². The second-order valence-electron chi connectivity index (χ2n) is 6.88. The molecule has 3 aliphatic rings. The van der Waals surface area contributed by atoms with Crippen LogP contribution in [-0.4, -0.2) is 46.9 Å². The van der Waals surface area contributed by atoms with Gasteiger partial charge < -0.3 is 14.7 Å². The van der Waals surface area contributed by atoms with Crippen molar-refractivity contribution in [1.82, 2.24) is 4.90 Å². The van der Waals surface area contributed by atoms with Crippen LogP contribution in [0.2, 0.25) is 0 Å². The van der Waals surface area contributed by atoms with Gasteiger partial charge in [0.2, 0.25) is 0 Å². The monoisotopic (exact) mass is 329 g/mol. The molecule has 1 aromatic carbocycles. The number of aliphatic hydroxyl groups is 1. The first-order valence-corrected chi connectivity index (χ1v) is 8.14. The molecule has 0 unspecified atom stereocenters. The standard InChI is InChI=1S/C18H19NO5/c1-3-24-15(22)16-10-13(20)12-9-17(16,11-7-5-4-6-8-11)19(2)14(21)18(12,16)23/h4-8,12,23H,3,9-10H2,1-2H3/t12-,16+,17-,18-/m1/s1. The van der Waals surface area contributed by atoms with Crippen molar-refractivity contribution in [3.05, 3.63) is 35.9 Å². The van der Waals surface area contributed by atoms with Gasteiger partial charge in [-0.25, -0.2) is 0 Å². The lowest BCUT2D eigenvalue weighted by Crippen LogP contribution is -2.55. The van der Waals surface area contributed by atoms with Crippen LogP contribution >= 0.6 is 0 Å². The molecule has 1 N–H and O–H groups in total. The Morgan fingerprint density at radius 2 is 2.00 bits per heavy atom. The van der Waals surface area contributed by atoms with E-state index in [1.807, 2.05) is 30.3 Å². The molecule has 0 spiro atoms. The number of rotatable bonds is 3. The maximum atomic E-state index is 13.0. The fraction of sp³-hybridized carbons (Fsp3) is 0.500. The molecule has 24 heavy (non-hydrogen) atoms. The SMILES string of the molecule is CCOC(=O)[C@@]12CC(=O)[C@H]3C[C@]1(c1ccccc1)N(C)C(=O)[C@]32O. The Morgan fingerprint density at radius 1 is 1.33 bits per heavy atom. The largest absolute Gasteiger partial charge is 0.465 e. The van der Waals surface area contributed by atoms with Crippen molar-refractivity contribution in [3.63, 3.8) is 0 Å². The molecule has 1 aromatic rings. The van der Waals surface area contributed by atoms with Gasteiger partial charge in [0.05, 0.1) is 18.1 Å². The first-order chi connectivity index (χ1) is 11.4. The first-order valence-electron chi connectivity index (χ1n) is 8.14. The zero-order valence-corrected chi connectivity index (χ0v) is 13.6. The number of carbonyl (C=O) groups is 3. The number of nitrogens with zero attached hydrogens (tertiary/aromatic N) is 1. The number of likely N-dealkylation sites (N-methyl/N-ethyl adjacent to an activating group) is 1. The normalized spacial score (nSPS) is 39.6. The molecule has 0 aromatic heterocycles. The number of piperidine rings is 1. The van der Waals surface area contributed by atoms with E-state index in [0.29, 0.717) is 0 Å². The molecule has 1 aliphatic heterocycles. The Balaban J connectivity index is 2.04. The van der Waals surface area contributed by atoms with E-state index in [1.54, 1.807) is 14.0 Å². The summed E-state index contributed by atoms with van der Waals surface area (Å²) in [6.45, 7) is 1.79. The van der Waals surface area contributed by atoms with E-state index >= 15 is 0 Å². The highest BCUT2D eigenvalue weighted by molar-refractivity contribution is 6.11. The van der Waals surface area contributed by atoms with Crippen molar-refractivity contribution in [2.75, 3.05) is 13.7 Å². The van der Waals surface area contributed by atoms with Gasteiger partial charge in [0, 0.05) is 13.5 Å². The predicted octanol–water partition coefficient (Wildman–Crippen LogP) is 0.627. The molecule has 6 heteroatoms. The van der Waals surface area contributed by atoms with Gasteiger partial charge in [-0.15, -0.1) is 0 Å². The van der Waals surface area contributed by atoms with Crippen LogP contribution in [0.25, 0.3) is 0 Å². The molecule has 1 heterocycles. The van der Waals surface area contributed by atoms with E-state index in [2.05, 4.69) is 0 Å². The molecule has 4 atom stereocenters. The van der Waals surface area contributed by atoms with E-state index in [4.69, 9.17) is 4.74 Å². The van der Waals surface area contributed by atoms with Crippen molar-refractivity contribution in [2.24, 2.45) is 11.3 Å². The van der Waals surface area contributed by atoms with Crippen molar-refractivity contribution < 1.29 is 24.2 Å². The summed E-state index contributed by atoms with van der Waals surface area (Å²) >= 11 is 0. The molecule has 4 rings (SSSR count). The summed E-state index contributed by atoms with van der Waals surface area (Å²) in [5, 5.41) is 11.3. The maximum absolute atomic E-state index is 13.0. The molecular formula is C18H19NO5. The van der Waals surface area contributed by atoms with E-state index < -0.39 is 34.3 Å². The molecule has 3 fully saturated rings. The number of esters is 1. The number of hydrogen-bond donors (Lipinski definition) is 1. The summed E-state index contributed by atoms with van der Waals surface area (Å²) in [6.07, 6.45) is 0.0748. The van der Waals surface area contributed by atoms with Crippen LogP contribution in [0.5, 0.6) is 0 Å². The number of ketones is 1. The smallest absolute Gasteiger partial charge is 0.318 e. The lowest BCUT2D eigenvalue weighted by molar-refractivity contribution is -0.172. The van der Waals surface area contributed by atoms with Crippen LogP contribution in [0.4, 0.5) is 0 Å². The van der Waals surface area contributed by atoms with Crippen molar-refractivity contribution in [1.29, 1.82) is 0 Å². The zero-order valence-electron chi connectivity index (χ0n) is 13.6. The average molecular weight is 329 g/mol. The highest BCUT2D eigenvalue weighted by atomic mass is 16.5. The second-order valence-corrected chi connectivity index (χ2v) is 6.88. The molecule has 4 bridgehead atoms. The fourth-order valence-corrected chi connectivity index (χ4v) is 5.35. The number of Topliss-reactive ketones (excluding diaryl/α,β-unsaturated/α-hetero) is 1. The van der Waals surface area contributed by atoms with Crippen LogP contribution in [0.3, 0.4) is 0 Å². The number of likely N-dealkylation sites (tertiary alicyclic amines) is 1. The third-order valence-electron chi connectivity index (χ3n) is 6.27. The Kier molecular flexibility index (Phi) is 2.84. The summed E-state index contributed by atoms with van der Waals surface area (Å²) in [6, 6.07) is 9.17. The van der Waals surface area contributed by atoms with Crippen LogP contribution in [0.15, 0.2) is 30.3 Å². The van der Waals surface area contributed by atoms with Gasteiger partial charge in [-0.1, -0.05) is 30.3 Å². The topological polar surface area (TPSA) is 83.9 Å². The summed E-state index contributed by atoms with van der Waals surface area (Å²) in [7, 11) is 1.59. The lowest BCUT2D eigenvalue weighted by atomic mass is 9.64. The molecule has 1 saturated heterocycles. The number of benzene rings is 1. The molecule has 6 nitrogen and oxygen atoms in total. The van der Waals surface area contributed by atoms with E-state index in [-0.39, 0.29) is 25.2 Å². The van der Waals surface area contributed by atoms with Crippen molar-refractivity contribution >= 4 is 17.7 Å². The highest BCUT2D eigenvalue weighted by Gasteiger charge is 2.90. The van der Waals surface area contributed by atoms with Crippen LogP contribution in [0, 0.1) is 11.3 Å². The van der Waals surface area contributed by atoms with E-state index in [0.717, 1.165) is 5.56 Å². The average Bonchev–Trinajstić information content (AvgIpc) is 3.01. The van der Waals surface area contributed by atoms with Crippen LogP contribution < -0.4 is 0 Å². The fourth-order valence-electron chi connectivity index (χ4n) is 5.35. The van der Waals surface area contributed by atoms with Gasteiger partial charge in [0.1, 0.15) is 11.2 Å².